The SMILES string of the molecule is Cc1ccn2c(C=O)c(-c3ccc(OCCOc4ccccc4)cc3)cc2c1. The molecule has 4 heteroatoms. The molecule has 0 bridgehead atoms. The topological polar surface area (TPSA) is 39.9 Å². The largest absolute Gasteiger partial charge is 0.490 e. The molecule has 4 aromatic rings. The van der Waals surface area contributed by atoms with Crippen molar-refractivity contribution < 1.29 is 14.3 Å². The molecule has 0 amide bonds. The highest BCUT2D eigenvalue weighted by Crippen LogP contribution is 2.28. The number of rotatable bonds is 7. The summed E-state index contributed by atoms with van der Waals surface area (Å²) in [6.07, 6.45) is 2.84. The molecule has 2 heterocycles. The number of para-hydroxylation sites is 1. The molecule has 140 valence electrons. The second-order valence-electron chi connectivity index (χ2n) is 6.59. The van der Waals surface area contributed by atoms with Crippen molar-refractivity contribution in [3.63, 3.8) is 0 Å². The minimum absolute atomic E-state index is 0.462. The number of aldehydes is 1. The van der Waals surface area contributed by atoms with Gasteiger partial charge in [0.1, 0.15) is 24.7 Å². The number of fused-ring (bicyclic) bond motifs is 1. The van der Waals surface area contributed by atoms with Crippen LogP contribution in [0.1, 0.15) is 16.1 Å². The van der Waals surface area contributed by atoms with Gasteiger partial charge in [0.25, 0.3) is 0 Å². The maximum atomic E-state index is 11.7. The average molecular weight is 371 g/mol. The van der Waals surface area contributed by atoms with E-state index in [4.69, 9.17) is 9.47 Å². The predicted octanol–water partition coefficient (Wildman–Crippen LogP) is 5.19. The Balaban J connectivity index is 1.44. The van der Waals surface area contributed by atoms with Gasteiger partial charge in [-0.2, -0.15) is 0 Å². The number of carbonyl (C=O) groups excluding carboxylic acids is 1. The molecule has 0 saturated carbocycles. The van der Waals surface area contributed by atoms with E-state index >= 15 is 0 Å². The second kappa shape index (κ2) is 8.01. The first-order valence-corrected chi connectivity index (χ1v) is 9.22. The van der Waals surface area contributed by atoms with Crippen molar-refractivity contribution in [3.8, 4) is 22.6 Å². The number of nitrogens with zero attached hydrogens (tertiary/aromatic N) is 1. The smallest absolute Gasteiger partial charge is 0.167 e. The number of ether oxygens (including phenoxy) is 2. The fraction of sp³-hybridized carbons (Fsp3) is 0.125. The highest BCUT2D eigenvalue weighted by Gasteiger charge is 2.11. The fourth-order valence-corrected chi connectivity index (χ4v) is 3.23. The Kier molecular flexibility index (Phi) is 5.11. The van der Waals surface area contributed by atoms with Gasteiger partial charge in [0.05, 0.1) is 5.69 Å². The molecule has 0 saturated heterocycles. The molecule has 0 fully saturated rings. The van der Waals surface area contributed by atoms with Crippen LogP contribution in [0.15, 0.2) is 79.0 Å². The van der Waals surface area contributed by atoms with Gasteiger partial charge >= 0.3 is 0 Å². The zero-order valence-corrected chi connectivity index (χ0v) is 15.7. The lowest BCUT2D eigenvalue weighted by atomic mass is 10.1. The second-order valence-corrected chi connectivity index (χ2v) is 6.59. The molecule has 4 nitrogen and oxygen atoms in total. The van der Waals surface area contributed by atoms with Gasteiger partial charge in [-0.1, -0.05) is 30.3 Å². The molecule has 0 N–H and O–H groups in total. The van der Waals surface area contributed by atoms with E-state index in [9.17, 15) is 4.79 Å². The molecule has 0 radical (unpaired) electrons. The Morgan fingerprint density at radius 2 is 1.54 bits per heavy atom. The molecule has 0 unspecified atom stereocenters. The molecule has 28 heavy (non-hydrogen) atoms. The molecule has 0 spiro atoms. The van der Waals surface area contributed by atoms with Crippen molar-refractivity contribution in [2.24, 2.45) is 0 Å². The van der Waals surface area contributed by atoms with E-state index in [1.165, 1.54) is 0 Å². The van der Waals surface area contributed by atoms with E-state index in [2.05, 4.69) is 6.07 Å². The maximum Gasteiger partial charge on any atom is 0.167 e. The van der Waals surface area contributed by atoms with Crippen LogP contribution in [0.4, 0.5) is 0 Å². The lowest BCUT2D eigenvalue weighted by Gasteiger charge is -2.09. The highest BCUT2D eigenvalue weighted by atomic mass is 16.5. The van der Waals surface area contributed by atoms with Gasteiger partial charge in [0, 0.05) is 17.3 Å². The Hall–Kier alpha value is -3.53. The Labute approximate surface area is 164 Å². The van der Waals surface area contributed by atoms with Gasteiger partial charge in [-0.25, -0.2) is 0 Å². The number of carbonyl (C=O) groups is 1. The summed E-state index contributed by atoms with van der Waals surface area (Å²) in [6.45, 7) is 2.98. The van der Waals surface area contributed by atoms with E-state index in [1.54, 1.807) is 0 Å². The van der Waals surface area contributed by atoms with Gasteiger partial charge < -0.3 is 13.9 Å². The summed E-state index contributed by atoms with van der Waals surface area (Å²) in [4.78, 5) is 11.7. The first-order chi connectivity index (χ1) is 13.7. The van der Waals surface area contributed by atoms with Crippen LogP contribution in [0.3, 0.4) is 0 Å². The summed E-state index contributed by atoms with van der Waals surface area (Å²) >= 11 is 0. The Morgan fingerprint density at radius 3 is 2.21 bits per heavy atom. The van der Waals surface area contributed by atoms with Crippen LogP contribution in [-0.4, -0.2) is 23.9 Å². The fourth-order valence-electron chi connectivity index (χ4n) is 3.23. The molecule has 0 aliphatic carbocycles. The van der Waals surface area contributed by atoms with Crippen molar-refractivity contribution in [2.75, 3.05) is 13.2 Å². The molecule has 4 rings (SSSR count). The molecule has 0 atom stereocenters. The number of hydrogen-bond donors (Lipinski definition) is 0. The number of pyridine rings is 1. The molecular formula is C24H21NO3. The van der Waals surface area contributed by atoms with E-state index in [1.807, 2.05) is 84.3 Å². The molecule has 2 aromatic carbocycles. The normalized spacial score (nSPS) is 10.8. The summed E-state index contributed by atoms with van der Waals surface area (Å²) < 4.78 is 13.3. The van der Waals surface area contributed by atoms with Gasteiger partial charge in [0.2, 0.25) is 0 Å². The van der Waals surface area contributed by atoms with Crippen molar-refractivity contribution in [1.82, 2.24) is 4.40 Å². The Bertz CT molecular complexity index is 1080. The van der Waals surface area contributed by atoms with Crippen molar-refractivity contribution in [3.05, 3.63) is 90.3 Å². The van der Waals surface area contributed by atoms with Gasteiger partial charge in [-0.3, -0.25) is 4.79 Å². The van der Waals surface area contributed by atoms with Crippen molar-refractivity contribution in [1.29, 1.82) is 0 Å². The Morgan fingerprint density at radius 1 is 0.857 bits per heavy atom. The highest BCUT2D eigenvalue weighted by molar-refractivity contribution is 5.90. The van der Waals surface area contributed by atoms with Gasteiger partial charge in [0.15, 0.2) is 6.29 Å². The van der Waals surface area contributed by atoms with Crippen LogP contribution >= 0.6 is 0 Å². The summed E-state index contributed by atoms with van der Waals surface area (Å²) in [6, 6.07) is 23.6. The third kappa shape index (κ3) is 3.76. The van der Waals surface area contributed by atoms with E-state index in [0.29, 0.717) is 18.9 Å². The minimum Gasteiger partial charge on any atom is -0.490 e. The van der Waals surface area contributed by atoms with Crippen LogP contribution < -0.4 is 9.47 Å². The number of aryl methyl sites for hydroxylation is 1. The lowest BCUT2D eigenvalue weighted by molar-refractivity contribution is 0.111. The van der Waals surface area contributed by atoms with Crippen LogP contribution in [0.2, 0.25) is 0 Å². The van der Waals surface area contributed by atoms with Gasteiger partial charge in [-0.15, -0.1) is 0 Å². The molecule has 0 aliphatic heterocycles. The number of aromatic nitrogens is 1. The zero-order valence-electron chi connectivity index (χ0n) is 15.7. The quantitative estimate of drug-likeness (QED) is 0.332. The molecule has 0 aliphatic rings. The first kappa shape index (κ1) is 17.9. The van der Waals surface area contributed by atoms with E-state index < -0.39 is 0 Å². The average Bonchev–Trinajstić information content (AvgIpc) is 3.10. The maximum absolute atomic E-state index is 11.7. The third-order valence-corrected chi connectivity index (χ3v) is 4.61. The third-order valence-electron chi connectivity index (χ3n) is 4.61. The van der Waals surface area contributed by atoms with Crippen LogP contribution in [0.25, 0.3) is 16.6 Å². The minimum atomic E-state index is 0.462. The summed E-state index contributed by atoms with van der Waals surface area (Å²) in [5.74, 6) is 1.60. The summed E-state index contributed by atoms with van der Waals surface area (Å²) in [5, 5.41) is 0. The molecular weight excluding hydrogens is 350 g/mol. The van der Waals surface area contributed by atoms with Crippen LogP contribution in [0.5, 0.6) is 11.5 Å². The lowest BCUT2D eigenvalue weighted by Crippen LogP contribution is -2.08. The predicted molar refractivity (Wildman–Crippen MR) is 110 cm³/mol. The van der Waals surface area contributed by atoms with E-state index in [0.717, 1.165) is 40.0 Å². The van der Waals surface area contributed by atoms with Crippen LogP contribution in [0, 0.1) is 6.92 Å². The van der Waals surface area contributed by atoms with Crippen molar-refractivity contribution in [2.45, 2.75) is 6.92 Å². The van der Waals surface area contributed by atoms with Crippen LogP contribution in [-0.2, 0) is 0 Å². The monoisotopic (exact) mass is 371 g/mol. The number of benzene rings is 2. The number of hydrogen-bond acceptors (Lipinski definition) is 3. The standard InChI is InChI=1S/C24H21NO3/c1-18-11-12-25-20(15-18)16-23(24(25)17-26)19-7-9-22(10-8-19)28-14-13-27-21-5-3-2-4-6-21/h2-12,15-17H,13-14H2,1H3. The van der Waals surface area contributed by atoms with E-state index in [-0.39, 0.29) is 0 Å². The first-order valence-electron chi connectivity index (χ1n) is 9.22. The van der Waals surface area contributed by atoms with Gasteiger partial charge in [-0.05, 0) is 60.5 Å². The zero-order chi connectivity index (χ0) is 19.3. The summed E-state index contributed by atoms with van der Waals surface area (Å²) in [5.41, 5.74) is 4.72. The van der Waals surface area contributed by atoms with Crippen molar-refractivity contribution >= 4 is 11.8 Å². The summed E-state index contributed by atoms with van der Waals surface area (Å²) in [7, 11) is 0. The molecule has 2 aromatic heterocycles.